The van der Waals surface area contributed by atoms with Crippen molar-refractivity contribution < 1.29 is 14.3 Å². The van der Waals surface area contributed by atoms with Crippen LogP contribution in [-0.4, -0.2) is 26.8 Å². The minimum Gasteiger partial charge on any atom is -0.388 e. The lowest BCUT2D eigenvalue weighted by atomic mass is 10.0. The first-order valence-corrected chi connectivity index (χ1v) is 8.00. The summed E-state index contributed by atoms with van der Waals surface area (Å²) in [6.45, 7) is 5.86. The number of aliphatic hydroxyl groups excluding tert-OH is 1. The van der Waals surface area contributed by atoms with Crippen LogP contribution in [0.3, 0.4) is 0 Å². The molecule has 6 heteroatoms. The van der Waals surface area contributed by atoms with Gasteiger partial charge in [0.15, 0.2) is 0 Å². The highest BCUT2D eigenvalue weighted by Gasteiger charge is 2.17. The molecule has 0 aliphatic heterocycles. The Kier molecular flexibility index (Phi) is 5.72. The molecule has 24 heavy (non-hydrogen) atoms. The summed E-state index contributed by atoms with van der Waals surface area (Å²) in [4.78, 5) is 12.1. The zero-order chi connectivity index (χ0) is 17.9. The summed E-state index contributed by atoms with van der Waals surface area (Å²) < 4.78 is 15.0. The van der Waals surface area contributed by atoms with Gasteiger partial charge in [-0.25, -0.2) is 4.39 Å². The van der Waals surface area contributed by atoms with Gasteiger partial charge >= 0.3 is 0 Å². The van der Waals surface area contributed by atoms with Crippen LogP contribution in [0.5, 0.6) is 0 Å². The Bertz CT molecular complexity index is 727. The molecule has 5 nitrogen and oxygen atoms in total. The van der Waals surface area contributed by atoms with Gasteiger partial charge in [0.1, 0.15) is 5.82 Å². The summed E-state index contributed by atoms with van der Waals surface area (Å²) >= 11 is 0. The number of carbonyl (C=O) groups excluding carboxylic acids is 1. The molecule has 0 bridgehead atoms. The largest absolute Gasteiger partial charge is 0.388 e. The Labute approximate surface area is 141 Å². The second kappa shape index (κ2) is 7.57. The smallest absolute Gasteiger partial charge is 0.223 e. The van der Waals surface area contributed by atoms with Crippen molar-refractivity contribution in [3.8, 4) is 0 Å². The van der Waals surface area contributed by atoms with Crippen molar-refractivity contribution >= 4 is 5.91 Å². The maximum Gasteiger partial charge on any atom is 0.223 e. The molecule has 1 amide bonds. The van der Waals surface area contributed by atoms with E-state index >= 15 is 0 Å². The van der Waals surface area contributed by atoms with Crippen molar-refractivity contribution in [2.45, 2.75) is 45.8 Å². The SMILES string of the molecule is Cc1nn(C)c(C)c1CC(C)NC(=O)CC(O)c1cccc(F)c1. The lowest BCUT2D eigenvalue weighted by molar-refractivity contribution is -0.123. The standard InChI is InChI=1S/C18H24FN3O2/c1-11(8-16-12(2)21-22(4)13(16)3)20-18(24)10-17(23)14-6-5-7-15(19)9-14/h5-7,9,11,17,23H,8,10H2,1-4H3,(H,20,24). The molecule has 2 rings (SSSR count). The van der Waals surface area contributed by atoms with E-state index in [1.807, 2.05) is 32.5 Å². The van der Waals surface area contributed by atoms with Crippen LogP contribution in [0.4, 0.5) is 4.39 Å². The monoisotopic (exact) mass is 333 g/mol. The van der Waals surface area contributed by atoms with Gasteiger partial charge in [0, 0.05) is 18.8 Å². The highest BCUT2D eigenvalue weighted by atomic mass is 19.1. The summed E-state index contributed by atoms with van der Waals surface area (Å²) in [7, 11) is 1.89. The van der Waals surface area contributed by atoms with Crippen LogP contribution in [0.25, 0.3) is 0 Å². The summed E-state index contributed by atoms with van der Waals surface area (Å²) in [6, 6.07) is 5.58. The number of carbonyl (C=O) groups is 1. The minimum atomic E-state index is -1.02. The number of aliphatic hydroxyl groups is 1. The molecular weight excluding hydrogens is 309 g/mol. The second-order valence-electron chi connectivity index (χ2n) is 6.22. The van der Waals surface area contributed by atoms with Gasteiger partial charge in [-0.15, -0.1) is 0 Å². The normalized spacial score (nSPS) is 13.6. The molecule has 1 aromatic heterocycles. The average Bonchev–Trinajstić information content (AvgIpc) is 2.73. The topological polar surface area (TPSA) is 67.2 Å². The fourth-order valence-electron chi connectivity index (χ4n) is 2.81. The number of nitrogens with zero attached hydrogens (tertiary/aromatic N) is 2. The fourth-order valence-corrected chi connectivity index (χ4v) is 2.81. The number of halogens is 1. The van der Waals surface area contributed by atoms with E-state index in [-0.39, 0.29) is 18.4 Å². The van der Waals surface area contributed by atoms with Gasteiger partial charge in [0.25, 0.3) is 0 Å². The van der Waals surface area contributed by atoms with E-state index in [1.165, 1.54) is 18.2 Å². The fraction of sp³-hybridized carbons (Fsp3) is 0.444. The lowest BCUT2D eigenvalue weighted by Gasteiger charge is -2.16. The Balaban J connectivity index is 1.92. The van der Waals surface area contributed by atoms with Gasteiger partial charge in [-0.2, -0.15) is 5.10 Å². The summed E-state index contributed by atoms with van der Waals surface area (Å²) in [5, 5.41) is 17.3. The molecule has 0 aliphatic rings. The molecule has 2 atom stereocenters. The number of benzene rings is 1. The first-order chi connectivity index (χ1) is 11.3. The lowest BCUT2D eigenvalue weighted by Crippen LogP contribution is -2.35. The maximum atomic E-state index is 13.2. The van der Waals surface area contributed by atoms with Gasteiger partial charge in [-0.05, 0) is 50.5 Å². The van der Waals surface area contributed by atoms with Gasteiger partial charge in [0.05, 0.1) is 18.2 Å². The van der Waals surface area contributed by atoms with E-state index in [0.717, 1.165) is 17.0 Å². The van der Waals surface area contributed by atoms with Crippen LogP contribution >= 0.6 is 0 Å². The average molecular weight is 333 g/mol. The van der Waals surface area contributed by atoms with E-state index in [9.17, 15) is 14.3 Å². The van der Waals surface area contributed by atoms with Crippen molar-refractivity contribution in [2.24, 2.45) is 7.05 Å². The van der Waals surface area contributed by atoms with Crippen LogP contribution < -0.4 is 5.32 Å². The molecule has 1 aromatic carbocycles. The molecule has 0 saturated carbocycles. The molecule has 0 fully saturated rings. The van der Waals surface area contributed by atoms with E-state index in [2.05, 4.69) is 10.4 Å². The maximum absolute atomic E-state index is 13.2. The molecule has 130 valence electrons. The highest BCUT2D eigenvalue weighted by molar-refractivity contribution is 5.77. The molecule has 0 saturated heterocycles. The quantitative estimate of drug-likeness (QED) is 0.853. The zero-order valence-electron chi connectivity index (χ0n) is 14.5. The number of amides is 1. The predicted molar refractivity (Wildman–Crippen MR) is 90.0 cm³/mol. The number of aryl methyl sites for hydroxylation is 2. The third kappa shape index (κ3) is 4.41. The number of hydrogen-bond acceptors (Lipinski definition) is 3. The zero-order valence-corrected chi connectivity index (χ0v) is 14.5. The first kappa shape index (κ1) is 18.1. The van der Waals surface area contributed by atoms with Crippen molar-refractivity contribution in [3.63, 3.8) is 0 Å². The number of nitrogens with one attached hydrogen (secondary N) is 1. The number of rotatable bonds is 6. The molecule has 0 spiro atoms. The van der Waals surface area contributed by atoms with Crippen LogP contribution in [-0.2, 0) is 18.3 Å². The summed E-state index contributed by atoms with van der Waals surface area (Å²) in [5.41, 5.74) is 3.55. The molecule has 2 N–H and O–H groups in total. The third-order valence-electron chi connectivity index (χ3n) is 4.19. The van der Waals surface area contributed by atoms with Crippen molar-refractivity contribution in [2.75, 3.05) is 0 Å². The van der Waals surface area contributed by atoms with Crippen LogP contribution in [0, 0.1) is 19.7 Å². The van der Waals surface area contributed by atoms with Crippen LogP contribution in [0.2, 0.25) is 0 Å². The Hall–Kier alpha value is -2.21. The molecular formula is C18H24FN3O2. The number of hydrogen-bond donors (Lipinski definition) is 2. The van der Waals surface area contributed by atoms with Gasteiger partial charge < -0.3 is 10.4 Å². The van der Waals surface area contributed by atoms with E-state index in [0.29, 0.717) is 12.0 Å². The van der Waals surface area contributed by atoms with Crippen LogP contribution in [0.1, 0.15) is 42.0 Å². The van der Waals surface area contributed by atoms with Gasteiger partial charge in [0.2, 0.25) is 5.91 Å². The Morgan fingerprint density at radius 1 is 1.42 bits per heavy atom. The molecule has 1 heterocycles. The van der Waals surface area contributed by atoms with E-state index < -0.39 is 11.9 Å². The van der Waals surface area contributed by atoms with Crippen molar-refractivity contribution in [3.05, 3.63) is 52.6 Å². The van der Waals surface area contributed by atoms with E-state index in [4.69, 9.17) is 0 Å². The van der Waals surface area contributed by atoms with Crippen LogP contribution in [0.15, 0.2) is 24.3 Å². The van der Waals surface area contributed by atoms with Gasteiger partial charge in [-0.1, -0.05) is 12.1 Å². The highest BCUT2D eigenvalue weighted by Crippen LogP contribution is 2.18. The van der Waals surface area contributed by atoms with Crippen molar-refractivity contribution in [1.29, 1.82) is 0 Å². The Morgan fingerprint density at radius 2 is 2.12 bits per heavy atom. The second-order valence-corrected chi connectivity index (χ2v) is 6.22. The molecule has 2 aromatic rings. The minimum absolute atomic E-state index is 0.0844. The molecule has 0 aliphatic carbocycles. The third-order valence-corrected chi connectivity index (χ3v) is 4.19. The summed E-state index contributed by atoms with van der Waals surface area (Å²) in [6.07, 6.45) is -0.443. The first-order valence-electron chi connectivity index (χ1n) is 8.00. The predicted octanol–water partition coefficient (Wildman–Crippen LogP) is 2.35. The summed E-state index contributed by atoms with van der Waals surface area (Å²) in [5.74, 6) is -0.693. The molecule has 2 unspecified atom stereocenters. The number of aromatic nitrogens is 2. The van der Waals surface area contributed by atoms with E-state index in [1.54, 1.807) is 6.07 Å². The van der Waals surface area contributed by atoms with Gasteiger partial charge in [-0.3, -0.25) is 9.48 Å². The van der Waals surface area contributed by atoms with Crippen molar-refractivity contribution in [1.82, 2.24) is 15.1 Å². The molecule has 0 radical (unpaired) electrons. The Morgan fingerprint density at radius 3 is 2.71 bits per heavy atom.